The monoisotopic (exact) mass is 1840 g/mol. The summed E-state index contributed by atoms with van der Waals surface area (Å²) in [6.45, 7) is 92.4. The minimum atomic E-state index is -1.09. The Kier molecular flexibility index (Phi) is 21.5. The van der Waals surface area contributed by atoms with Crippen LogP contribution in [0.2, 0.25) is 0 Å². The minimum Gasteiger partial charge on any atom is -0.310 e. The van der Waals surface area contributed by atoms with Crippen LogP contribution in [-0.4, -0.2) is 11.3 Å². The Morgan fingerprint density at radius 3 is 1.01 bits per heavy atom. The highest BCUT2D eigenvalue weighted by molar-refractivity contribution is 7.00. The molecule has 16 rings (SSSR count). The molecule has 0 spiro atoms. The van der Waals surface area contributed by atoms with Crippen LogP contribution in [0.25, 0.3) is 94.3 Å². The van der Waals surface area contributed by atoms with Crippen molar-refractivity contribution in [3.05, 3.63) is 308 Å². The standard InChI is InChI=1S/C134H164BN3/c1-121(2,3)86-50-47-81(48-51-86)100-75-95(130(28,29)30)78-106(101-72-87(122(4,5)6)53-58-108(101)133(37,38)39)119(100)137-114-67-82(83-63-91(126(16,17)18)70-92(64-83)127(19,20)21)49-59-110(114)135-111-60-56-97(136-112-61-54-88(123(7,8)9)73-102(112)103-74-89(124(10,11)12)55-62-113(103)136)80-115(111)138(117-69-85(68-116(137)118(117)135)84-65-93(128(22,23)24)71-94(66-84)129(25,26)27)120-104(98-45-43-44-46-107(98)132(34,35)36)76-96(131(31,32)33)77-105(120)99-57-52-90(125(13,14)15)79-109(99)134(40,41)42/h43-80H,1-42H3/i47D,48D,50D,51D,53D,58D,72D,75D,78D. The summed E-state index contributed by atoms with van der Waals surface area (Å²) in [5.74, 6) is 0. The van der Waals surface area contributed by atoms with E-state index in [1.165, 1.54) is 22.3 Å². The maximum Gasteiger partial charge on any atom is 0.252 e. The van der Waals surface area contributed by atoms with E-state index in [0.29, 0.717) is 22.5 Å². The van der Waals surface area contributed by atoms with Gasteiger partial charge in [0.2, 0.25) is 0 Å². The number of rotatable bonds is 9. The highest BCUT2D eigenvalue weighted by atomic mass is 15.2. The molecular formula is C134H164BN3. The number of hydrogen-bond donors (Lipinski definition) is 0. The fourth-order valence-corrected chi connectivity index (χ4v) is 20.3. The lowest BCUT2D eigenvalue weighted by molar-refractivity contribution is 0.568. The molecule has 138 heavy (non-hydrogen) atoms. The lowest BCUT2D eigenvalue weighted by Crippen LogP contribution is -2.61. The molecule has 0 saturated carbocycles. The van der Waals surface area contributed by atoms with Crippen LogP contribution in [0.3, 0.4) is 0 Å². The maximum atomic E-state index is 12.1. The third-order valence-corrected chi connectivity index (χ3v) is 29.2. The number of anilines is 6. The molecule has 1 aromatic heterocycles. The zero-order chi connectivity index (χ0) is 109. The van der Waals surface area contributed by atoms with Crippen LogP contribution in [0.5, 0.6) is 0 Å². The summed E-state index contributed by atoms with van der Waals surface area (Å²) in [5.41, 5.74) is 23.6. The highest BCUT2D eigenvalue weighted by Gasteiger charge is 2.48. The van der Waals surface area contributed by atoms with Gasteiger partial charge in [-0.2, -0.15) is 0 Å². The van der Waals surface area contributed by atoms with Gasteiger partial charge in [0.05, 0.1) is 34.7 Å². The SMILES string of the molecule is [2H]c1c([2H])c(C(C)(C)C)c([2H])c([2H])c1-c1c([2H])c(C(C)(C)C)c([2H])c(-c2c([2H])c(C(C)(C)C)c([2H])c([2H])c2C(C)(C)C)c1N1c2cc(-c3cc(C(C)(C)C)cc(C(C)(C)C)c3)ccc2B2c3ccc(-n4c5ccc(C(C)(C)C)cc5c5cc(C(C)(C)C)ccc54)cc3N(c3c(-c4ccccc4C(C)(C)C)cc(C(C)(C)C)cc3-c3ccc(C(C)(C)C)cc3C(C)(C)C)c3cc(-c4cc(C(C)(C)C)cc(C(C)(C)C)c4)cc1c32. The molecular weight excluding hydrogens is 1660 g/mol. The Labute approximate surface area is 847 Å². The number of nitrogens with zero attached hydrogens (tertiary/aromatic N) is 3. The molecule has 13 aromatic carbocycles. The fourth-order valence-electron chi connectivity index (χ4n) is 20.3. The third kappa shape index (κ3) is 18.9. The molecule has 0 amide bonds. The van der Waals surface area contributed by atoms with Crippen molar-refractivity contribution >= 4 is 79.0 Å². The van der Waals surface area contributed by atoms with Gasteiger partial charge in [-0.25, -0.2) is 0 Å². The Bertz CT molecular complexity index is 7590. The second kappa shape index (κ2) is 33.5. The predicted octanol–water partition coefficient (Wildman–Crippen LogP) is 37.0. The van der Waals surface area contributed by atoms with Crippen molar-refractivity contribution in [3.63, 3.8) is 0 Å². The summed E-state index contributed by atoms with van der Waals surface area (Å²) >= 11 is 0. The van der Waals surface area contributed by atoms with Crippen molar-refractivity contribution in [2.24, 2.45) is 0 Å². The summed E-state index contributed by atoms with van der Waals surface area (Å²) in [5, 5.41) is 2.32. The van der Waals surface area contributed by atoms with E-state index in [0.717, 1.165) is 139 Å². The smallest absolute Gasteiger partial charge is 0.252 e. The quantitative estimate of drug-likeness (QED) is 0.133. The van der Waals surface area contributed by atoms with Crippen molar-refractivity contribution in [2.45, 2.75) is 367 Å². The highest BCUT2D eigenvalue weighted by Crippen LogP contribution is 2.59. The van der Waals surface area contributed by atoms with E-state index in [9.17, 15) is 12.3 Å². The number of hydrogen-bond acceptors (Lipinski definition) is 2. The lowest BCUT2D eigenvalue weighted by Gasteiger charge is -2.46. The van der Waals surface area contributed by atoms with E-state index in [-0.39, 0.29) is 121 Å². The Morgan fingerprint density at radius 2 is 0.565 bits per heavy atom. The van der Waals surface area contributed by atoms with E-state index in [2.05, 4.69) is 398 Å². The lowest BCUT2D eigenvalue weighted by atomic mass is 9.33. The molecule has 0 bridgehead atoms. The van der Waals surface area contributed by atoms with Gasteiger partial charge in [-0.3, -0.25) is 0 Å². The molecule has 0 N–H and O–H groups in total. The van der Waals surface area contributed by atoms with E-state index in [4.69, 9.17) is 0 Å². The molecule has 3 nitrogen and oxygen atoms in total. The van der Waals surface area contributed by atoms with Gasteiger partial charge >= 0.3 is 0 Å². The topological polar surface area (TPSA) is 11.4 Å². The van der Waals surface area contributed by atoms with Gasteiger partial charge in [-0.1, -0.05) is 442 Å². The van der Waals surface area contributed by atoms with Crippen LogP contribution >= 0.6 is 0 Å². The van der Waals surface area contributed by atoms with Gasteiger partial charge in [0.1, 0.15) is 0 Å². The van der Waals surface area contributed by atoms with E-state index >= 15 is 0 Å². The molecule has 14 aromatic rings. The van der Waals surface area contributed by atoms with Crippen LogP contribution in [0, 0.1) is 0 Å². The average molecular weight is 1840 g/mol. The average Bonchev–Trinajstić information content (AvgIpc) is 0.889. The van der Waals surface area contributed by atoms with E-state index in [1.807, 2.05) is 83.1 Å². The van der Waals surface area contributed by atoms with Crippen LogP contribution < -0.4 is 26.2 Å². The van der Waals surface area contributed by atoms with E-state index < -0.39 is 55.4 Å². The Hall–Kier alpha value is -10.7. The van der Waals surface area contributed by atoms with Crippen LogP contribution in [0.1, 0.15) is 381 Å². The van der Waals surface area contributed by atoms with Crippen LogP contribution in [0.15, 0.2) is 230 Å². The molecule has 4 heteroatoms. The zero-order valence-electron chi connectivity index (χ0n) is 101. The molecule has 0 atom stereocenters. The van der Waals surface area contributed by atoms with Gasteiger partial charge in [-0.15, -0.1) is 0 Å². The predicted molar refractivity (Wildman–Crippen MR) is 609 cm³/mol. The first-order chi connectivity index (χ1) is 67.1. The molecule has 0 aliphatic carbocycles. The van der Waals surface area contributed by atoms with Crippen LogP contribution in [-0.2, 0) is 75.8 Å². The number of aromatic nitrogens is 1. The first-order valence-electron chi connectivity index (χ1n) is 55.4. The summed E-state index contributed by atoms with van der Waals surface area (Å²) in [6.07, 6.45) is 0. The summed E-state index contributed by atoms with van der Waals surface area (Å²) in [4.78, 5) is 4.95. The van der Waals surface area contributed by atoms with Gasteiger partial charge < -0.3 is 14.4 Å². The number of fused-ring (bicyclic) bond motifs is 7. The molecule has 718 valence electrons. The first kappa shape index (κ1) is 88.7. The third-order valence-electron chi connectivity index (χ3n) is 29.2. The van der Waals surface area contributed by atoms with Crippen molar-refractivity contribution in [3.8, 4) is 72.4 Å². The molecule has 0 unspecified atom stereocenters. The van der Waals surface area contributed by atoms with Gasteiger partial charge in [0.25, 0.3) is 6.71 Å². The maximum absolute atomic E-state index is 12.1. The zero-order valence-corrected chi connectivity index (χ0v) is 92.2. The normalized spacial score (nSPS) is 15.0. The Balaban J connectivity index is 1.28. The van der Waals surface area contributed by atoms with Gasteiger partial charge in [-0.05, 0) is 293 Å². The van der Waals surface area contributed by atoms with Gasteiger partial charge in [0.15, 0.2) is 0 Å². The largest absolute Gasteiger partial charge is 0.310 e. The van der Waals surface area contributed by atoms with Crippen LogP contribution in [0.4, 0.5) is 34.1 Å². The molecule has 3 heterocycles. The molecule has 2 aliphatic rings. The van der Waals surface area contributed by atoms with Gasteiger partial charge in [0, 0.05) is 61.5 Å². The second-order valence-electron chi connectivity index (χ2n) is 55.1. The molecule has 0 radical (unpaired) electrons. The summed E-state index contributed by atoms with van der Waals surface area (Å²) < 4.78 is 103. The van der Waals surface area contributed by atoms with Crippen molar-refractivity contribution in [1.82, 2.24) is 4.57 Å². The summed E-state index contributed by atoms with van der Waals surface area (Å²) in [7, 11) is 0. The van der Waals surface area contributed by atoms with E-state index in [1.54, 1.807) is 0 Å². The summed E-state index contributed by atoms with van der Waals surface area (Å²) in [6, 6.07) is 67.2. The molecule has 0 saturated heterocycles. The molecule has 2 aliphatic heterocycles. The minimum absolute atomic E-state index is 0.0348. The fraction of sp³-hybridized carbons (Fsp3) is 0.418. The van der Waals surface area contributed by atoms with Crippen molar-refractivity contribution in [2.75, 3.05) is 9.80 Å². The Morgan fingerprint density at radius 1 is 0.210 bits per heavy atom. The molecule has 0 fully saturated rings. The van der Waals surface area contributed by atoms with Crippen molar-refractivity contribution in [1.29, 1.82) is 0 Å². The second-order valence-corrected chi connectivity index (χ2v) is 55.1. The van der Waals surface area contributed by atoms with Crippen molar-refractivity contribution < 1.29 is 12.3 Å². The first-order valence-corrected chi connectivity index (χ1v) is 50.9. The number of benzene rings is 13.